The van der Waals surface area contributed by atoms with E-state index in [-0.39, 0.29) is 28.0 Å². The normalized spacial score (nSPS) is 10.5. The van der Waals surface area contributed by atoms with Gasteiger partial charge < -0.3 is 20.7 Å². The fraction of sp³-hybridized carbons (Fsp3) is 0.0714. The van der Waals surface area contributed by atoms with Crippen molar-refractivity contribution in [3.05, 3.63) is 101 Å². The number of phenolic OH excluding ortho intramolecular Hbond substituents is 1. The van der Waals surface area contributed by atoms with Gasteiger partial charge in [0, 0.05) is 47.4 Å². The van der Waals surface area contributed by atoms with Gasteiger partial charge in [-0.25, -0.2) is 15.0 Å². The number of nitrogens with zero attached hydrogens (tertiary/aromatic N) is 4. The highest BCUT2D eigenvalue weighted by molar-refractivity contribution is 7.11. The predicted octanol–water partition coefficient (Wildman–Crippen LogP) is 4.40. The third-order valence-electron chi connectivity index (χ3n) is 5.83. The maximum absolute atomic E-state index is 12.9. The number of hydrogen-bond donors (Lipinski definition) is 4. The fourth-order valence-electron chi connectivity index (χ4n) is 3.96. The Morgan fingerprint density at radius 3 is 2.67 bits per heavy atom. The summed E-state index contributed by atoms with van der Waals surface area (Å²) in [7, 11) is 0. The average Bonchev–Trinajstić information content (AvgIpc) is 3.68. The van der Waals surface area contributed by atoms with E-state index in [2.05, 4.69) is 36.6 Å². The summed E-state index contributed by atoms with van der Waals surface area (Å²) >= 11 is 1.15. The number of nitrogens with one attached hydrogen (secondary N) is 3. The minimum Gasteiger partial charge on any atom is -0.507 e. The number of pyridine rings is 1. The van der Waals surface area contributed by atoms with Crippen LogP contribution in [0, 0.1) is 11.3 Å². The first-order chi connectivity index (χ1) is 19.0. The van der Waals surface area contributed by atoms with E-state index in [4.69, 9.17) is 0 Å². The van der Waals surface area contributed by atoms with Gasteiger partial charge in [0.25, 0.3) is 11.8 Å². The van der Waals surface area contributed by atoms with E-state index < -0.39 is 5.91 Å². The van der Waals surface area contributed by atoms with Gasteiger partial charge in [-0.1, -0.05) is 24.3 Å². The Morgan fingerprint density at radius 1 is 1.05 bits per heavy atom. The van der Waals surface area contributed by atoms with Gasteiger partial charge in [0.05, 0.1) is 17.7 Å². The van der Waals surface area contributed by atoms with Gasteiger partial charge >= 0.3 is 0 Å². The maximum atomic E-state index is 12.9. The molecule has 5 aromatic rings. The van der Waals surface area contributed by atoms with Crippen LogP contribution in [0.15, 0.2) is 78.7 Å². The molecule has 11 heteroatoms. The van der Waals surface area contributed by atoms with Crippen LogP contribution in [0.5, 0.6) is 5.75 Å². The van der Waals surface area contributed by atoms with E-state index in [0.29, 0.717) is 40.9 Å². The molecule has 0 unspecified atom stereocenters. The molecule has 192 valence electrons. The van der Waals surface area contributed by atoms with Crippen LogP contribution in [0.3, 0.4) is 0 Å². The first-order valence-corrected chi connectivity index (χ1v) is 12.7. The van der Waals surface area contributed by atoms with Crippen LogP contribution in [-0.2, 0) is 6.42 Å². The summed E-state index contributed by atoms with van der Waals surface area (Å²) in [5.41, 5.74) is 3.10. The van der Waals surface area contributed by atoms with Crippen molar-refractivity contribution < 1.29 is 14.7 Å². The number of aromatic nitrogens is 4. The second-order valence-corrected chi connectivity index (χ2v) is 9.24. The van der Waals surface area contributed by atoms with E-state index >= 15 is 0 Å². The molecule has 0 saturated carbocycles. The van der Waals surface area contributed by atoms with Crippen molar-refractivity contribution in [2.24, 2.45) is 0 Å². The molecule has 0 bridgehead atoms. The molecule has 39 heavy (non-hydrogen) atoms. The molecule has 0 radical (unpaired) electrons. The van der Waals surface area contributed by atoms with Gasteiger partial charge in [-0.05, 0) is 35.9 Å². The number of carbonyl (C=O) groups is 2. The van der Waals surface area contributed by atoms with E-state index in [1.54, 1.807) is 66.4 Å². The molecule has 10 nitrogen and oxygen atoms in total. The summed E-state index contributed by atoms with van der Waals surface area (Å²) in [5, 5.41) is 28.0. The van der Waals surface area contributed by atoms with Gasteiger partial charge in [0.15, 0.2) is 10.8 Å². The third kappa shape index (κ3) is 5.66. The second kappa shape index (κ2) is 11.4. The highest BCUT2D eigenvalue weighted by atomic mass is 32.1. The van der Waals surface area contributed by atoms with Gasteiger partial charge in [-0.3, -0.25) is 9.59 Å². The lowest BCUT2D eigenvalue weighted by Crippen LogP contribution is -2.25. The highest BCUT2D eigenvalue weighted by Crippen LogP contribution is 2.35. The van der Waals surface area contributed by atoms with Gasteiger partial charge in [-0.15, -0.1) is 11.3 Å². The van der Waals surface area contributed by atoms with Crippen LogP contribution in [0.4, 0.5) is 5.82 Å². The lowest BCUT2D eigenvalue weighted by Gasteiger charge is -2.14. The van der Waals surface area contributed by atoms with Crippen molar-refractivity contribution in [3.8, 4) is 34.2 Å². The van der Waals surface area contributed by atoms with Crippen LogP contribution < -0.4 is 10.6 Å². The molecule has 0 aliphatic carbocycles. The molecular formula is C28H21N7O3S. The zero-order chi connectivity index (χ0) is 27.2. The summed E-state index contributed by atoms with van der Waals surface area (Å²) in [4.78, 5) is 41.2. The lowest BCUT2D eigenvalue weighted by atomic mass is 9.96. The molecule has 0 spiro atoms. The molecule has 0 aliphatic rings. The van der Waals surface area contributed by atoms with Crippen LogP contribution in [0.1, 0.15) is 31.4 Å². The molecule has 4 N–H and O–H groups in total. The first-order valence-electron chi connectivity index (χ1n) is 11.8. The number of nitriles is 1. The number of H-pyrrole nitrogens is 1. The minimum absolute atomic E-state index is 0.0112. The molecule has 0 atom stereocenters. The van der Waals surface area contributed by atoms with E-state index in [1.165, 1.54) is 12.3 Å². The number of hydrogen-bond acceptors (Lipinski definition) is 8. The van der Waals surface area contributed by atoms with E-state index in [9.17, 15) is 20.0 Å². The average molecular weight is 536 g/mol. The highest BCUT2D eigenvalue weighted by Gasteiger charge is 2.20. The van der Waals surface area contributed by atoms with E-state index in [1.807, 2.05) is 0 Å². The topological polar surface area (TPSA) is 157 Å². The Kier molecular flexibility index (Phi) is 7.38. The summed E-state index contributed by atoms with van der Waals surface area (Å²) in [6, 6.07) is 17.3. The molecule has 2 amide bonds. The number of amides is 2. The SMILES string of the molecule is N#Cc1c(-c2cccc(C(=O)NCCc3c[nH]cn3)c2)cc(-c2ccccc2O)nc1NC(=O)c1nccs1. The number of para-hydroxylation sites is 1. The van der Waals surface area contributed by atoms with Gasteiger partial charge in [0.2, 0.25) is 0 Å². The number of anilines is 1. The van der Waals surface area contributed by atoms with Gasteiger partial charge in [0.1, 0.15) is 17.4 Å². The van der Waals surface area contributed by atoms with Gasteiger partial charge in [-0.2, -0.15) is 5.26 Å². The minimum atomic E-state index is -0.514. The van der Waals surface area contributed by atoms with Crippen LogP contribution in [0.2, 0.25) is 0 Å². The smallest absolute Gasteiger partial charge is 0.285 e. The Labute approximate surface area is 227 Å². The molecule has 3 aromatic heterocycles. The number of rotatable bonds is 8. The third-order valence-corrected chi connectivity index (χ3v) is 6.60. The predicted molar refractivity (Wildman–Crippen MR) is 146 cm³/mol. The fourth-order valence-corrected chi connectivity index (χ4v) is 4.49. The zero-order valence-corrected chi connectivity index (χ0v) is 21.2. The molecular weight excluding hydrogens is 514 g/mol. The summed E-state index contributed by atoms with van der Waals surface area (Å²) in [6.45, 7) is 0.400. The number of thiazole rings is 1. The molecule has 0 fully saturated rings. The second-order valence-electron chi connectivity index (χ2n) is 8.35. The number of phenols is 1. The molecule has 3 heterocycles. The van der Waals surface area contributed by atoms with Crippen molar-refractivity contribution in [2.75, 3.05) is 11.9 Å². The van der Waals surface area contributed by atoms with Crippen LogP contribution in [-0.4, -0.2) is 43.4 Å². The van der Waals surface area contributed by atoms with Crippen LogP contribution in [0.25, 0.3) is 22.4 Å². The number of carbonyl (C=O) groups excluding carboxylic acids is 2. The molecule has 0 aliphatic heterocycles. The van der Waals surface area contributed by atoms with Crippen LogP contribution >= 0.6 is 11.3 Å². The Bertz CT molecular complexity index is 1680. The van der Waals surface area contributed by atoms with Crippen molar-refractivity contribution in [1.29, 1.82) is 5.26 Å². The quantitative estimate of drug-likeness (QED) is 0.229. The Hall–Kier alpha value is -5.34. The van der Waals surface area contributed by atoms with Crippen molar-refractivity contribution >= 4 is 29.0 Å². The molecule has 2 aromatic carbocycles. The lowest BCUT2D eigenvalue weighted by molar-refractivity contribution is 0.0953. The Morgan fingerprint density at radius 2 is 1.92 bits per heavy atom. The summed E-state index contributed by atoms with van der Waals surface area (Å²) < 4.78 is 0. The summed E-state index contributed by atoms with van der Waals surface area (Å²) in [6.07, 6.45) is 5.43. The Balaban J connectivity index is 1.53. The molecule has 5 rings (SSSR count). The number of aromatic hydroxyl groups is 1. The first kappa shape index (κ1) is 25.3. The van der Waals surface area contributed by atoms with Crippen molar-refractivity contribution in [2.45, 2.75) is 6.42 Å². The number of aromatic amines is 1. The molecule has 0 saturated heterocycles. The monoisotopic (exact) mass is 535 g/mol. The van der Waals surface area contributed by atoms with E-state index in [0.717, 1.165) is 17.0 Å². The number of benzene rings is 2. The summed E-state index contributed by atoms with van der Waals surface area (Å²) in [5.74, 6) is -0.789. The standard InChI is InChI=1S/C28H21N7O3S/c29-14-22-21(17-4-3-5-18(12-17)26(37)31-9-8-19-15-30-16-33-19)13-23(20-6-1-2-7-24(20)36)34-25(22)35-27(38)28-32-10-11-39-28/h1-7,10-13,15-16,36H,8-9H2,(H,30,33)(H,31,37)(H,34,35,38). The van der Waals surface area contributed by atoms with Crippen molar-refractivity contribution in [1.82, 2.24) is 25.3 Å². The number of imidazole rings is 1. The maximum Gasteiger partial charge on any atom is 0.285 e. The van der Waals surface area contributed by atoms with Crippen molar-refractivity contribution in [3.63, 3.8) is 0 Å². The largest absolute Gasteiger partial charge is 0.507 e. The zero-order valence-electron chi connectivity index (χ0n) is 20.4.